The summed E-state index contributed by atoms with van der Waals surface area (Å²) in [7, 11) is -2.39. The second-order valence-corrected chi connectivity index (χ2v) is 4.99. The number of hydrogen-bond acceptors (Lipinski definition) is 2. The maximum Gasteiger partial charge on any atom is 0.694 e. The van der Waals surface area contributed by atoms with Gasteiger partial charge in [0.05, 0.1) is 0 Å². The molecule has 1 radical (unpaired) electrons. The van der Waals surface area contributed by atoms with Crippen molar-refractivity contribution in [2.75, 3.05) is 6.61 Å². The molecule has 0 aliphatic heterocycles. The molecule has 0 heterocycles. The average Bonchev–Trinajstić information content (AvgIpc) is 2.25. The molecule has 0 rings (SSSR count). The third kappa shape index (κ3) is 20.1. The van der Waals surface area contributed by atoms with Gasteiger partial charge in [-0.1, -0.05) is 64.7 Å². The molecular formula is C12H26KO3P+. The van der Waals surface area contributed by atoms with E-state index in [0.717, 1.165) is 12.8 Å². The van der Waals surface area contributed by atoms with E-state index in [-0.39, 0.29) is 51.4 Å². The van der Waals surface area contributed by atoms with E-state index in [1.807, 2.05) is 0 Å². The topological polar surface area (TPSA) is 46.5 Å². The molecule has 0 aromatic rings. The number of rotatable bonds is 12. The van der Waals surface area contributed by atoms with Crippen molar-refractivity contribution >= 4 is 59.6 Å². The van der Waals surface area contributed by atoms with E-state index in [2.05, 4.69) is 11.4 Å². The Hall–Kier alpha value is 1.66. The summed E-state index contributed by atoms with van der Waals surface area (Å²) in [6, 6.07) is 0. The van der Waals surface area contributed by atoms with Crippen LogP contribution in [0.5, 0.6) is 0 Å². The first kappa shape index (κ1) is 21.0. The summed E-state index contributed by atoms with van der Waals surface area (Å²) < 4.78 is 14.8. The first-order chi connectivity index (χ1) is 7.77. The molecule has 1 N–H and O–H groups in total. The van der Waals surface area contributed by atoms with E-state index in [0.29, 0.717) is 6.61 Å². The molecule has 0 aliphatic carbocycles. The molecule has 0 bridgehead atoms. The smallest absolute Gasteiger partial charge is 0.133 e. The van der Waals surface area contributed by atoms with Gasteiger partial charge in [-0.2, -0.15) is 0 Å². The zero-order valence-electron chi connectivity index (χ0n) is 11.5. The summed E-state index contributed by atoms with van der Waals surface area (Å²) in [4.78, 5) is 8.38. The van der Waals surface area contributed by atoms with Gasteiger partial charge in [0.25, 0.3) is 0 Å². The standard InChI is InChI=1S/C12H25O3P.K/c1-2-3-4-5-6-7-8-9-10-11-12-15-16(13)14;/h2-12H2,1H3;/p+1. The number of hydrogen-bond donors (Lipinski definition) is 1. The third-order valence-corrected chi connectivity index (χ3v) is 3.10. The molecule has 17 heavy (non-hydrogen) atoms. The van der Waals surface area contributed by atoms with Crippen molar-refractivity contribution in [3.05, 3.63) is 0 Å². The molecule has 0 aromatic heterocycles. The molecule has 3 nitrogen and oxygen atoms in total. The van der Waals surface area contributed by atoms with Crippen LogP contribution in [0.4, 0.5) is 0 Å². The Labute approximate surface area is 149 Å². The van der Waals surface area contributed by atoms with Gasteiger partial charge in [-0.05, 0) is 6.42 Å². The zero-order valence-corrected chi connectivity index (χ0v) is 15.5. The summed E-state index contributed by atoms with van der Waals surface area (Å²) >= 11 is 0. The van der Waals surface area contributed by atoms with Crippen LogP contribution in [0.1, 0.15) is 71.1 Å². The van der Waals surface area contributed by atoms with Gasteiger partial charge in [-0.3, -0.25) is 0 Å². The van der Waals surface area contributed by atoms with E-state index in [9.17, 15) is 4.57 Å². The molecule has 0 amide bonds. The fourth-order valence-corrected chi connectivity index (χ4v) is 2.02. The largest absolute Gasteiger partial charge is 0.694 e. The maximum atomic E-state index is 10.2. The first-order valence-electron chi connectivity index (χ1n) is 6.56. The summed E-state index contributed by atoms with van der Waals surface area (Å²) in [5.74, 6) is 0. The van der Waals surface area contributed by atoms with Gasteiger partial charge in [-0.25, -0.2) is 0 Å². The minimum Gasteiger partial charge on any atom is -0.133 e. The van der Waals surface area contributed by atoms with Crippen LogP contribution in [0.25, 0.3) is 0 Å². The monoisotopic (exact) mass is 288 g/mol. The minimum atomic E-state index is -2.39. The van der Waals surface area contributed by atoms with Gasteiger partial charge >= 0.3 is 8.25 Å². The molecule has 97 valence electrons. The second kappa shape index (κ2) is 17.7. The van der Waals surface area contributed by atoms with Gasteiger partial charge in [0.2, 0.25) is 0 Å². The Bertz CT molecular complexity index is 168. The van der Waals surface area contributed by atoms with E-state index in [1.165, 1.54) is 51.4 Å². The third-order valence-electron chi connectivity index (χ3n) is 2.70. The summed E-state index contributed by atoms with van der Waals surface area (Å²) in [6.07, 6.45) is 12.7. The molecular weight excluding hydrogens is 262 g/mol. The number of unbranched alkanes of at least 4 members (excludes halogenated alkanes) is 9. The Balaban J connectivity index is 0. The van der Waals surface area contributed by atoms with Crippen LogP contribution >= 0.6 is 8.25 Å². The molecule has 0 aromatic carbocycles. The Morgan fingerprint density at radius 1 is 0.882 bits per heavy atom. The van der Waals surface area contributed by atoms with Gasteiger partial charge in [0, 0.05) is 55.9 Å². The second-order valence-electron chi connectivity index (χ2n) is 4.25. The van der Waals surface area contributed by atoms with Crippen molar-refractivity contribution < 1.29 is 14.0 Å². The van der Waals surface area contributed by atoms with Gasteiger partial charge in [0.15, 0.2) is 0 Å². The van der Waals surface area contributed by atoms with Crippen LogP contribution in [0.3, 0.4) is 0 Å². The van der Waals surface area contributed by atoms with Gasteiger partial charge < -0.3 is 0 Å². The predicted octanol–water partition coefficient (Wildman–Crippen LogP) is 4.19. The van der Waals surface area contributed by atoms with Crippen LogP contribution in [0.15, 0.2) is 0 Å². The molecule has 0 spiro atoms. The van der Waals surface area contributed by atoms with Crippen molar-refractivity contribution in [1.29, 1.82) is 0 Å². The Morgan fingerprint density at radius 3 is 1.71 bits per heavy atom. The van der Waals surface area contributed by atoms with E-state index >= 15 is 0 Å². The van der Waals surface area contributed by atoms with Crippen LogP contribution in [0, 0.1) is 0 Å². The van der Waals surface area contributed by atoms with E-state index in [1.54, 1.807) is 0 Å². The van der Waals surface area contributed by atoms with Crippen LogP contribution in [0.2, 0.25) is 0 Å². The molecule has 0 saturated heterocycles. The first-order valence-corrected chi connectivity index (χ1v) is 7.69. The van der Waals surface area contributed by atoms with E-state index < -0.39 is 8.25 Å². The fourth-order valence-electron chi connectivity index (χ4n) is 1.73. The van der Waals surface area contributed by atoms with E-state index in [4.69, 9.17) is 4.89 Å². The molecule has 1 unspecified atom stereocenters. The van der Waals surface area contributed by atoms with Crippen LogP contribution in [-0.2, 0) is 9.09 Å². The van der Waals surface area contributed by atoms with Crippen molar-refractivity contribution in [3.8, 4) is 0 Å². The van der Waals surface area contributed by atoms with Gasteiger partial charge in [-0.15, -0.1) is 9.42 Å². The molecule has 0 aliphatic rings. The van der Waals surface area contributed by atoms with Crippen molar-refractivity contribution in [2.24, 2.45) is 0 Å². The van der Waals surface area contributed by atoms with Gasteiger partial charge in [0.1, 0.15) is 6.61 Å². The Morgan fingerprint density at radius 2 is 1.29 bits per heavy atom. The van der Waals surface area contributed by atoms with Crippen LogP contribution in [-0.4, -0.2) is 62.9 Å². The maximum absolute atomic E-state index is 10.2. The average molecular weight is 288 g/mol. The quantitative estimate of drug-likeness (QED) is 0.333. The molecule has 0 fully saturated rings. The SMILES string of the molecule is CCCCCCCCCCCCO[P+](=O)O.[K]. The summed E-state index contributed by atoms with van der Waals surface area (Å²) in [5, 5.41) is 0. The van der Waals surface area contributed by atoms with Crippen molar-refractivity contribution in [1.82, 2.24) is 0 Å². The summed E-state index contributed by atoms with van der Waals surface area (Å²) in [6.45, 7) is 2.66. The Kier molecular flexibility index (Phi) is 21.8. The minimum absolute atomic E-state index is 0. The molecule has 5 heteroatoms. The zero-order chi connectivity index (χ0) is 12.1. The normalized spacial score (nSPS) is 11.1. The van der Waals surface area contributed by atoms with Crippen molar-refractivity contribution in [2.45, 2.75) is 71.1 Å². The van der Waals surface area contributed by atoms with Crippen molar-refractivity contribution in [3.63, 3.8) is 0 Å². The predicted molar refractivity (Wildman–Crippen MR) is 73.4 cm³/mol. The van der Waals surface area contributed by atoms with Crippen LogP contribution < -0.4 is 0 Å². The molecule has 1 atom stereocenters. The fraction of sp³-hybridized carbons (Fsp3) is 1.00. The summed E-state index contributed by atoms with van der Waals surface area (Å²) in [5.41, 5.74) is 0. The molecule has 0 saturated carbocycles.